The number of hydrogen-bond acceptors (Lipinski definition) is 4. The molecule has 1 aliphatic rings. The molecule has 26 heavy (non-hydrogen) atoms. The molecule has 0 spiro atoms. The third-order valence-corrected chi connectivity index (χ3v) is 3.66. The average Bonchev–Trinajstić information content (AvgIpc) is 3.33. The first-order valence-electron chi connectivity index (χ1n) is 7.30. The number of hydrogen-bond donors (Lipinski definition) is 1. The Hall–Kier alpha value is -2.55. The van der Waals surface area contributed by atoms with Crippen LogP contribution in [0.4, 0.5) is 17.6 Å². The molecule has 1 aromatic heterocycles. The van der Waals surface area contributed by atoms with Crippen molar-refractivity contribution in [3.63, 3.8) is 0 Å². The highest BCUT2D eigenvalue weighted by molar-refractivity contribution is 6.31. The van der Waals surface area contributed by atoms with Crippen LogP contribution in [0.25, 0.3) is 0 Å². The molecule has 1 saturated carbocycles. The second kappa shape index (κ2) is 6.64. The number of pyridine rings is 1. The third-order valence-electron chi connectivity index (χ3n) is 3.37. The molecule has 138 valence electrons. The van der Waals surface area contributed by atoms with Gasteiger partial charge in [0, 0.05) is 6.07 Å². The molecule has 1 aliphatic carbocycles. The summed E-state index contributed by atoms with van der Waals surface area (Å²) in [5, 5.41) is 8.30. The van der Waals surface area contributed by atoms with Crippen LogP contribution >= 0.6 is 11.6 Å². The number of ether oxygens (including phenoxy) is 2. The molecular formula is C16H10ClF4NO4. The molecule has 3 rings (SSSR count). The molecule has 0 aliphatic heterocycles. The fraction of sp³-hybridized carbons (Fsp3) is 0.250. The van der Waals surface area contributed by atoms with Crippen molar-refractivity contribution >= 4 is 17.6 Å². The smallest absolute Gasteiger partial charge is 0.434 e. The van der Waals surface area contributed by atoms with E-state index in [0.29, 0.717) is 6.07 Å². The molecule has 0 atom stereocenters. The van der Waals surface area contributed by atoms with Gasteiger partial charge in [-0.1, -0.05) is 11.6 Å². The van der Waals surface area contributed by atoms with Gasteiger partial charge in [-0.25, -0.2) is 14.2 Å². The number of nitrogens with zero attached hydrogens (tertiary/aromatic N) is 1. The van der Waals surface area contributed by atoms with Crippen LogP contribution < -0.4 is 9.47 Å². The lowest BCUT2D eigenvalue weighted by Gasteiger charge is -2.15. The molecule has 0 radical (unpaired) electrons. The number of carboxylic acids is 1. The van der Waals surface area contributed by atoms with E-state index < -0.39 is 40.1 Å². The van der Waals surface area contributed by atoms with Gasteiger partial charge in [0.05, 0.1) is 11.1 Å². The van der Waals surface area contributed by atoms with E-state index in [9.17, 15) is 27.5 Å². The fourth-order valence-corrected chi connectivity index (χ4v) is 2.29. The Morgan fingerprint density at radius 2 is 1.92 bits per heavy atom. The van der Waals surface area contributed by atoms with Gasteiger partial charge in [0.25, 0.3) is 0 Å². The summed E-state index contributed by atoms with van der Waals surface area (Å²) < 4.78 is 63.1. The second-order valence-corrected chi connectivity index (χ2v) is 5.89. The Labute approximate surface area is 149 Å². The molecule has 1 fully saturated rings. The zero-order chi connectivity index (χ0) is 19.1. The van der Waals surface area contributed by atoms with Crippen molar-refractivity contribution in [3.05, 3.63) is 46.4 Å². The average molecular weight is 392 g/mol. The van der Waals surface area contributed by atoms with Crippen molar-refractivity contribution in [2.45, 2.75) is 25.1 Å². The Balaban J connectivity index is 2.05. The van der Waals surface area contributed by atoms with E-state index in [1.807, 2.05) is 0 Å². The van der Waals surface area contributed by atoms with Crippen LogP contribution in [0.15, 0.2) is 24.3 Å². The number of aromatic carboxylic acids is 1. The van der Waals surface area contributed by atoms with Crippen LogP contribution in [0.1, 0.15) is 28.9 Å². The quantitative estimate of drug-likeness (QED) is 0.732. The number of carbonyl (C=O) groups is 1. The van der Waals surface area contributed by atoms with Gasteiger partial charge in [-0.3, -0.25) is 0 Å². The summed E-state index contributed by atoms with van der Waals surface area (Å²) in [7, 11) is 0. The van der Waals surface area contributed by atoms with Gasteiger partial charge in [0.15, 0.2) is 17.2 Å². The van der Waals surface area contributed by atoms with Crippen molar-refractivity contribution < 1.29 is 36.9 Å². The van der Waals surface area contributed by atoms with Crippen molar-refractivity contribution in [1.82, 2.24) is 4.98 Å². The zero-order valence-corrected chi connectivity index (χ0v) is 13.6. The summed E-state index contributed by atoms with van der Waals surface area (Å²) in [4.78, 5) is 14.5. The molecule has 2 aromatic rings. The minimum absolute atomic E-state index is 0.0610. The summed E-state index contributed by atoms with van der Waals surface area (Å²) in [6.07, 6.45) is -3.58. The van der Waals surface area contributed by atoms with E-state index in [1.165, 1.54) is 0 Å². The molecule has 0 amide bonds. The van der Waals surface area contributed by atoms with Crippen LogP contribution in [-0.4, -0.2) is 22.2 Å². The molecule has 1 heterocycles. The highest BCUT2D eigenvalue weighted by Gasteiger charge is 2.37. The number of alkyl halides is 3. The van der Waals surface area contributed by atoms with Crippen LogP contribution in [0.5, 0.6) is 17.4 Å². The molecular weight excluding hydrogens is 382 g/mol. The van der Waals surface area contributed by atoms with E-state index in [2.05, 4.69) is 4.98 Å². The molecule has 0 unspecified atom stereocenters. The number of halogens is 5. The van der Waals surface area contributed by atoms with E-state index >= 15 is 0 Å². The lowest BCUT2D eigenvalue weighted by Crippen LogP contribution is -2.12. The monoisotopic (exact) mass is 391 g/mol. The van der Waals surface area contributed by atoms with Gasteiger partial charge in [0.2, 0.25) is 5.88 Å². The second-order valence-electron chi connectivity index (χ2n) is 5.48. The van der Waals surface area contributed by atoms with Crippen molar-refractivity contribution in [1.29, 1.82) is 0 Å². The largest absolute Gasteiger partial charge is 0.486 e. The van der Waals surface area contributed by atoms with Crippen LogP contribution in [0, 0.1) is 5.82 Å². The lowest BCUT2D eigenvalue weighted by molar-refractivity contribution is -0.141. The highest BCUT2D eigenvalue weighted by atomic mass is 35.5. The topological polar surface area (TPSA) is 68.7 Å². The van der Waals surface area contributed by atoms with Gasteiger partial charge < -0.3 is 14.6 Å². The van der Waals surface area contributed by atoms with E-state index in [0.717, 1.165) is 31.0 Å². The van der Waals surface area contributed by atoms with Gasteiger partial charge in [-0.05, 0) is 31.0 Å². The minimum Gasteiger partial charge on any atom is -0.486 e. The van der Waals surface area contributed by atoms with Gasteiger partial charge in [-0.2, -0.15) is 13.2 Å². The molecule has 10 heteroatoms. The molecule has 1 aromatic carbocycles. The Kier molecular flexibility index (Phi) is 4.66. The normalized spacial score (nSPS) is 14.2. The lowest BCUT2D eigenvalue weighted by atomic mass is 10.2. The summed E-state index contributed by atoms with van der Waals surface area (Å²) in [5.74, 6) is -3.29. The molecule has 0 saturated heterocycles. The first-order valence-corrected chi connectivity index (χ1v) is 7.68. The number of carboxylic acid groups (broad SMARTS) is 1. The maximum atomic E-state index is 13.4. The van der Waals surface area contributed by atoms with Crippen LogP contribution in [0.2, 0.25) is 5.02 Å². The van der Waals surface area contributed by atoms with Crippen LogP contribution in [0.3, 0.4) is 0 Å². The van der Waals surface area contributed by atoms with Gasteiger partial charge in [0.1, 0.15) is 11.4 Å². The third kappa shape index (κ3) is 3.98. The van der Waals surface area contributed by atoms with Crippen LogP contribution in [-0.2, 0) is 6.18 Å². The predicted octanol–water partition coefficient (Wildman–Crippen LogP) is 4.92. The van der Waals surface area contributed by atoms with E-state index in [-0.39, 0.29) is 17.6 Å². The summed E-state index contributed by atoms with van der Waals surface area (Å²) in [5.41, 5.74) is -2.17. The van der Waals surface area contributed by atoms with Crippen molar-refractivity contribution in [2.24, 2.45) is 0 Å². The van der Waals surface area contributed by atoms with Gasteiger partial charge >= 0.3 is 12.1 Å². The first-order chi connectivity index (χ1) is 12.1. The maximum Gasteiger partial charge on any atom is 0.434 e. The SMILES string of the molecule is O=C(O)c1cc(Cl)c(C(F)(F)F)nc1Oc1ccc(F)cc1OC1CC1. The number of aromatic nitrogens is 1. The standard InChI is InChI=1S/C16H10ClF4NO4/c17-10-6-9(15(23)24)14(22-13(10)16(19,20)21)26-11-4-1-7(18)5-12(11)25-8-2-3-8/h1,4-6,8H,2-3H2,(H,23,24). The molecule has 1 N–H and O–H groups in total. The van der Waals surface area contributed by atoms with E-state index in [4.69, 9.17) is 21.1 Å². The number of rotatable bonds is 5. The number of benzene rings is 1. The maximum absolute atomic E-state index is 13.4. The molecule has 5 nitrogen and oxygen atoms in total. The summed E-state index contributed by atoms with van der Waals surface area (Å²) >= 11 is 5.49. The fourth-order valence-electron chi connectivity index (χ4n) is 2.03. The van der Waals surface area contributed by atoms with Crippen molar-refractivity contribution in [3.8, 4) is 17.4 Å². The zero-order valence-electron chi connectivity index (χ0n) is 12.8. The highest BCUT2D eigenvalue weighted by Crippen LogP contribution is 2.40. The van der Waals surface area contributed by atoms with Gasteiger partial charge in [-0.15, -0.1) is 0 Å². The Morgan fingerprint density at radius 1 is 1.23 bits per heavy atom. The van der Waals surface area contributed by atoms with Crippen molar-refractivity contribution in [2.75, 3.05) is 0 Å². The van der Waals surface area contributed by atoms with E-state index in [1.54, 1.807) is 0 Å². The minimum atomic E-state index is -4.91. The Morgan fingerprint density at radius 3 is 2.50 bits per heavy atom. The first kappa shape index (κ1) is 18.2. The Bertz CT molecular complexity index is 868. The molecule has 0 bridgehead atoms. The summed E-state index contributed by atoms with van der Waals surface area (Å²) in [6.45, 7) is 0. The predicted molar refractivity (Wildman–Crippen MR) is 81.3 cm³/mol. The summed E-state index contributed by atoms with van der Waals surface area (Å²) in [6, 6.07) is 3.70.